The van der Waals surface area contributed by atoms with Gasteiger partial charge in [0.2, 0.25) is 17.6 Å². The molecule has 3 heterocycles. The van der Waals surface area contributed by atoms with Crippen molar-refractivity contribution < 1.29 is 27.2 Å². The van der Waals surface area contributed by atoms with Gasteiger partial charge in [-0.2, -0.15) is 13.2 Å². The maximum Gasteiger partial charge on any atom is 0.452 e. The minimum atomic E-state index is -4.90. The third-order valence-corrected chi connectivity index (χ3v) is 5.66. The molecule has 1 aliphatic rings. The van der Waals surface area contributed by atoms with Crippen LogP contribution in [0.1, 0.15) is 37.0 Å². The molecule has 2 aromatic heterocycles. The number of hydrogen-bond acceptors (Lipinski definition) is 6. The Morgan fingerprint density at radius 2 is 1.64 bits per heavy atom. The van der Waals surface area contributed by atoms with E-state index in [-0.39, 0.29) is 17.5 Å². The number of pyridine rings is 1. The average Bonchev–Trinajstić information content (AvgIpc) is 3.31. The Morgan fingerprint density at radius 1 is 0.972 bits per heavy atom. The Hall–Kier alpha value is -3.89. The molecule has 4 rings (SSSR count). The highest BCUT2D eigenvalue weighted by Crippen LogP contribution is 2.35. The number of alkyl halides is 3. The van der Waals surface area contributed by atoms with E-state index in [1.807, 2.05) is 30.6 Å². The van der Waals surface area contributed by atoms with Crippen molar-refractivity contribution >= 4 is 23.3 Å². The van der Waals surface area contributed by atoms with Crippen LogP contribution in [0.25, 0.3) is 11.5 Å². The van der Waals surface area contributed by atoms with Gasteiger partial charge in [-0.05, 0) is 24.3 Å². The minimum absolute atomic E-state index is 0.0923. The minimum Gasteiger partial charge on any atom is -0.431 e. The number of aromatic nitrogens is 2. The van der Waals surface area contributed by atoms with Gasteiger partial charge in [0.15, 0.2) is 5.69 Å². The topological polar surface area (TPSA) is 91.6 Å². The van der Waals surface area contributed by atoms with Crippen molar-refractivity contribution in [3.63, 3.8) is 0 Å². The van der Waals surface area contributed by atoms with E-state index in [9.17, 15) is 22.8 Å². The summed E-state index contributed by atoms with van der Waals surface area (Å²) in [4.78, 5) is 37.1. The molecule has 1 aromatic carbocycles. The van der Waals surface area contributed by atoms with Crippen LogP contribution in [0, 0.1) is 5.41 Å². The van der Waals surface area contributed by atoms with Crippen molar-refractivity contribution in [1.29, 1.82) is 0 Å². The lowest BCUT2D eigenvalue weighted by Crippen LogP contribution is -2.51. The van der Waals surface area contributed by atoms with Gasteiger partial charge in [-0.25, -0.2) is 9.97 Å². The molecule has 1 N–H and O–H groups in total. The normalized spacial score (nSPS) is 14.6. The first kappa shape index (κ1) is 25.2. The lowest BCUT2D eigenvalue weighted by molar-refractivity contribution is -0.153. The zero-order chi connectivity index (χ0) is 26.1. The molecule has 0 atom stereocenters. The summed E-state index contributed by atoms with van der Waals surface area (Å²) in [5, 5.41) is 2.41. The summed E-state index contributed by atoms with van der Waals surface area (Å²) in [6, 6.07) is 11.2. The summed E-state index contributed by atoms with van der Waals surface area (Å²) in [5.41, 5.74) is -0.775. The van der Waals surface area contributed by atoms with E-state index in [1.165, 1.54) is 18.3 Å². The second-order valence-corrected chi connectivity index (χ2v) is 9.45. The van der Waals surface area contributed by atoms with E-state index in [0.717, 1.165) is 0 Å². The number of benzene rings is 1. The number of oxazole rings is 1. The highest BCUT2D eigenvalue weighted by atomic mass is 19.4. The van der Waals surface area contributed by atoms with E-state index >= 15 is 0 Å². The fourth-order valence-electron chi connectivity index (χ4n) is 3.82. The van der Waals surface area contributed by atoms with Crippen molar-refractivity contribution in [2.45, 2.75) is 26.9 Å². The molecular formula is C25H26F3N5O3. The smallest absolute Gasteiger partial charge is 0.431 e. The van der Waals surface area contributed by atoms with Crippen LogP contribution in [-0.2, 0) is 11.0 Å². The Morgan fingerprint density at radius 3 is 2.19 bits per heavy atom. The fraction of sp³-hybridized carbons (Fsp3) is 0.360. The van der Waals surface area contributed by atoms with Crippen LogP contribution in [0.2, 0.25) is 0 Å². The second-order valence-electron chi connectivity index (χ2n) is 9.45. The molecule has 3 aromatic rings. The number of nitrogens with zero attached hydrogens (tertiary/aromatic N) is 4. The van der Waals surface area contributed by atoms with Gasteiger partial charge in [0, 0.05) is 37.2 Å². The monoisotopic (exact) mass is 501 g/mol. The van der Waals surface area contributed by atoms with Crippen LogP contribution in [-0.4, -0.2) is 52.9 Å². The summed E-state index contributed by atoms with van der Waals surface area (Å²) in [7, 11) is 0. The van der Waals surface area contributed by atoms with E-state index in [1.54, 1.807) is 30.3 Å². The van der Waals surface area contributed by atoms with Crippen molar-refractivity contribution in [2.75, 3.05) is 36.4 Å². The van der Waals surface area contributed by atoms with Gasteiger partial charge in [-0.3, -0.25) is 9.59 Å². The van der Waals surface area contributed by atoms with Crippen LogP contribution in [0.3, 0.4) is 0 Å². The van der Waals surface area contributed by atoms with Gasteiger partial charge >= 0.3 is 6.18 Å². The van der Waals surface area contributed by atoms with Gasteiger partial charge < -0.3 is 19.5 Å². The quantitative estimate of drug-likeness (QED) is 0.557. The Balaban J connectivity index is 1.45. The molecule has 1 saturated heterocycles. The van der Waals surface area contributed by atoms with Crippen LogP contribution in [0.4, 0.5) is 24.7 Å². The molecule has 0 radical (unpaired) electrons. The van der Waals surface area contributed by atoms with Crippen molar-refractivity contribution in [3.8, 4) is 11.5 Å². The molecule has 0 unspecified atom stereocenters. The van der Waals surface area contributed by atoms with Crippen molar-refractivity contribution in [1.82, 2.24) is 14.9 Å². The standard InChI is InChI=1S/C25H26F3N5O3/c1-24(2,3)23(35)33-13-11-32(12-14-33)18-10-9-17(15-29-18)30-21(34)19-20(25(26,27)28)36-22(31-19)16-7-5-4-6-8-16/h4-10,15H,11-14H2,1-3H3,(H,30,34). The van der Waals surface area contributed by atoms with Crippen LogP contribution >= 0.6 is 0 Å². The van der Waals surface area contributed by atoms with Gasteiger partial charge in [0.1, 0.15) is 5.82 Å². The van der Waals surface area contributed by atoms with Gasteiger partial charge in [0.05, 0.1) is 11.9 Å². The number of hydrogen-bond donors (Lipinski definition) is 1. The summed E-state index contributed by atoms with van der Waals surface area (Å²) in [6.45, 7) is 7.96. The number of carbonyl (C=O) groups excluding carboxylic acids is 2. The lowest BCUT2D eigenvalue weighted by atomic mass is 9.94. The molecule has 0 saturated carbocycles. The Labute approximate surface area is 206 Å². The number of rotatable bonds is 4. The Bertz CT molecular complexity index is 1230. The van der Waals surface area contributed by atoms with Crippen LogP contribution in [0.15, 0.2) is 53.1 Å². The predicted octanol–water partition coefficient (Wildman–Crippen LogP) is 4.70. The first-order chi connectivity index (χ1) is 16.9. The second kappa shape index (κ2) is 9.63. The highest BCUT2D eigenvalue weighted by Gasteiger charge is 2.42. The maximum absolute atomic E-state index is 13.5. The fourth-order valence-corrected chi connectivity index (χ4v) is 3.82. The molecule has 36 heavy (non-hydrogen) atoms. The largest absolute Gasteiger partial charge is 0.452 e. The predicted molar refractivity (Wildman–Crippen MR) is 127 cm³/mol. The summed E-state index contributed by atoms with van der Waals surface area (Å²) < 4.78 is 45.5. The molecule has 11 heteroatoms. The SMILES string of the molecule is CC(C)(C)C(=O)N1CCN(c2ccc(NC(=O)c3nc(-c4ccccc4)oc3C(F)(F)F)cn2)CC1. The van der Waals surface area contributed by atoms with Gasteiger partial charge in [0.25, 0.3) is 5.91 Å². The number of carbonyl (C=O) groups is 2. The number of piperazine rings is 1. The van der Waals surface area contributed by atoms with Crippen molar-refractivity contribution in [3.05, 3.63) is 60.1 Å². The molecule has 190 valence electrons. The number of anilines is 2. The van der Waals surface area contributed by atoms with E-state index < -0.39 is 29.0 Å². The first-order valence-electron chi connectivity index (χ1n) is 11.4. The number of amides is 2. The molecular weight excluding hydrogens is 475 g/mol. The maximum atomic E-state index is 13.5. The van der Waals surface area contributed by atoms with Gasteiger partial charge in [-0.15, -0.1) is 0 Å². The summed E-state index contributed by atoms with van der Waals surface area (Å²) in [6.07, 6.45) is -3.53. The molecule has 8 nitrogen and oxygen atoms in total. The van der Waals surface area contributed by atoms with E-state index in [4.69, 9.17) is 4.42 Å². The average molecular weight is 502 g/mol. The summed E-state index contributed by atoms with van der Waals surface area (Å²) in [5.74, 6) is -2.09. The first-order valence-corrected chi connectivity index (χ1v) is 11.4. The summed E-state index contributed by atoms with van der Waals surface area (Å²) >= 11 is 0. The molecule has 1 aliphatic heterocycles. The van der Waals surface area contributed by atoms with Crippen molar-refractivity contribution in [2.24, 2.45) is 5.41 Å². The number of nitrogens with one attached hydrogen (secondary N) is 1. The molecule has 0 aliphatic carbocycles. The van der Waals surface area contributed by atoms with Crippen LogP contribution in [0.5, 0.6) is 0 Å². The van der Waals surface area contributed by atoms with E-state index in [0.29, 0.717) is 37.6 Å². The Kier molecular flexibility index (Phi) is 6.75. The zero-order valence-corrected chi connectivity index (χ0v) is 20.1. The molecule has 2 amide bonds. The van der Waals surface area contributed by atoms with Crippen LogP contribution < -0.4 is 10.2 Å². The zero-order valence-electron chi connectivity index (χ0n) is 20.1. The number of halogens is 3. The molecule has 0 spiro atoms. The third kappa shape index (κ3) is 5.50. The van der Waals surface area contributed by atoms with E-state index in [2.05, 4.69) is 15.3 Å². The lowest BCUT2D eigenvalue weighted by Gasteiger charge is -2.38. The van der Waals surface area contributed by atoms with Gasteiger partial charge in [-0.1, -0.05) is 39.0 Å². The molecule has 0 bridgehead atoms. The highest BCUT2D eigenvalue weighted by molar-refractivity contribution is 6.04. The molecule has 1 fully saturated rings. The third-order valence-electron chi connectivity index (χ3n) is 5.66.